The molecule has 2 atom stereocenters. The zero-order valence-corrected chi connectivity index (χ0v) is 28.9. The first kappa shape index (κ1) is 38.7. The van der Waals surface area contributed by atoms with Crippen LogP contribution in [0.3, 0.4) is 0 Å². The molecule has 48 heavy (non-hydrogen) atoms. The van der Waals surface area contributed by atoms with Crippen molar-refractivity contribution in [2.24, 2.45) is 0 Å². The number of benzene rings is 2. The number of alkyl halides is 5. The minimum Gasteiger partial charge on any atom is -0.493 e. The molecule has 2 aliphatic rings. The molecule has 0 radical (unpaired) electrons. The van der Waals surface area contributed by atoms with Gasteiger partial charge in [-0.3, -0.25) is 0 Å². The lowest BCUT2D eigenvalue weighted by Gasteiger charge is -2.43. The van der Waals surface area contributed by atoms with Gasteiger partial charge in [-0.2, -0.15) is 13.2 Å². The molecule has 2 aromatic rings. The number of β-amino-alcohol motifs (C(OH)–C–C–N with tert-alkyl or cyclic N) is 1. The number of rotatable bonds is 17. The second kappa shape index (κ2) is 16.8. The molecule has 0 saturated carbocycles. The summed E-state index contributed by atoms with van der Waals surface area (Å²) in [6, 6.07) is 12.2. The fourth-order valence-corrected chi connectivity index (χ4v) is 6.33. The zero-order valence-electron chi connectivity index (χ0n) is 26.6. The van der Waals surface area contributed by atoms with Gasteiger partial charge in [0.2, 0.25) is 0 Å². The molecule has 2 aromatic carbocycles. The molecule has 0 bridgehead atoms. The Balaban J connectivity index is 1.59. The van der Waals surface area contributed by atoms with Crippen molar-refractivity contribution in [1.29, 1.82) is 0 Å². The predicted octanol–water partition coefficient (Wildman–Crippen LogP) is 5.92. The summed E-state index contributed by atoms with van der Waals surface area (Å²) in [6.45, 7) is 2.27. The Labute approximate surface area is 294 Å². The van der Waals surface area contributed by atoms with E-state index in [1.165, 1.54) is 12.1 Å². The van der Waals surface area contributed by atoms with Crippen molar-refractivity contribution in [3.63, 3.8) is 0 Å². The quantitative estimate of drug-likeness (QED) is 0.117. The largest absolute Gasteiger partial charge is 0.493 e. The molecule has 1 unspecified atom stereocenters. The van der Waals surface area contributed by atoms with Gasteiger partial charge < -0.3 is 39.7 Å². The molecule has 4 rings (SSSR count). The molecule has 0 amide bonds. The monoisotopic (exact) mass is 736 g/mol. The van der Waals surface area contributed by atoms with E-state index in [1.807, 2.05) is 30.3 Å². The molecule has 1 fully saturated rings. The average Bonchev–Trinajstić information content (AvgIpc) is 3.47. The number of nitrogens with one attached hydrogen (secondary N) is 1. The Kier molecular flexibility index (Phi) is 13.5. The van der Waals surface area contributed by atoms with Crippen LogP contribution in [0.1, 0.15) is 37.3 Å². The molecular formula is C34H42Cl3F3N2O6. The fourth-order valence-electron chi connectivity index (χ4n) is 5.40. The highest BCUT2D eigenvalue weighted by Gasteiger charge is 2.54. The topological polar surface area (TPSA) is 104 Å². The number of aliphatic hydroxyl groups excluding tert-OH is 3. The van der Waals surface area contributed by atoms with E-state index in [9.17, 15) is 28.5 Å². The van der Waals surface area contributed by atoms with Crippen LogP contribution in [0.25, 0.3) is 5.57 Å². The minimum atomic E-state index is -4.43. The van der Waals surface area contributed by atoms with Crippen molar-refractivity contribution in [3.05, 3.63) is 76.8 Å². The van der Waals surface area contributed by atoms with Crippen LogP contribution in [0.4, 0.5) is 13.2 Å². The lowest BCUT2D eigenvalue weighted by atomic mass is 9.85. The summed E-state index contributed by atoms with van der Waals surface area (Å²) in [5.74, 6) is 0.163. The normalized spacial score (nSPS) is 21.4. The summed E-state index contributed by atoms with van der Waals surface area (Å²) >= 11 is 21.0. The SMILES string of the molecule is CC(CO)(CO)NCc1cc(Cl)c(OC[C@]2(OCCCN3CCC(O)C3)C=CC=C(c3ccccc3)C2(Cl)Cl)cc1OCCC(F)(F)F. The Bertz CT molecular complexity index is 1410. The van der Waals surface area contributed by atoms with Gasteiger partial charge in [-0.15, -0.1) is 0 Å². The lowest BCUT2D eigenvalue weighted by molar-refractivity contribution is -0.139. The molecular weight excluding hydrogens is 696 g/mol. The third kappa shape index (κ3) is 10.0. The Hall–Kier alpha value is -2.06. The number of nitrogens with zero attached hydrogens (tertiary/aromatic N) is 1. The van der Waals surface area contributed by atoms with Gasteiger partial charge in [0.25, 0.3) is 0 Å². The fraction of sp³-hybridized carbons (Fsp3) is 0.529. The van der Waals surface area contributed by atoms with E-state index in [4.69, 9.17) is 49.0 Å². The first-order valence-corrected chi connectivity index (χ1v) is 16.8. The van der Waals surface area contributed by atoms with E-state index in [0.29, 0.717) is 30.6 Å². The zero-order chi connectivity index (χ0) is 35.0. The molecule has 1 aliphatic heterocycles. The summed E-state index contributed by atoms with van der Waals surface area (Å²) in [6.07, 6.45) is 0.690. The number of halogens is 6. The van der Waals surface area contributed by atoms with Crippen molar-refractivity contribution in [2.75, 3.05) is 52.7 Å². The van der Waals surface area contributed by atoms with Gasteiger partial charge in [0.1, 0.15) is 18.1 Å². The summed E-state index contributed by atoms with van der Waals surface area (Å²) in [5, 5.41) is 32.4. The van der Waals surface area contributed by atoms with Crippen LogP contribution in [0.15, 0.2) is 60.7 Å². The highest BCUT2D eigenvalue weighted by atomic mass is 35.5. The number of ether oxygens (including phenoxy) is 3. The molecule has 1 saturated heterocycles. The van der Waals surface area contributed by atoms with Crippen LogP contribution < -0.4 is 14.8 Å². The van der Waals surface area contributed by atoms with Crippen molar-refractivity contribution >= 4 is 40.4 Å². The second-order valence-corrected chi connectivity index (χ2v) is 14.1. The van der Waals surface area contributed by atoms with Crippen LogP contribution in [-0.4, -0.2) is 101 Å². The first-order valence-electron chi connectivity index (χ1n) is 15.7. The standard InChI is InChI=1S/C34H42Cl3F3N2O6/c1-31(21-43,22-44)41-19-25-17-28(35)30(18-29(25)46-16-12-33(38,39)40)47-23-32(48-15-6-13-42-14-10-26(45)20-42)11-5-9-27(34(32,36)37)24-7-3-2-4-8-24/h2-5,7-9,11,17-18,26,41,43-45H,6,10,12-16,19-23H2,1H3/t26?,32-/m1/s1. The number of aliphatic hydroxyl groups is 3. The van der Waals surface area contributed by atoms with E-state index in [-0.39, 0.29) is 42.4 Å². The second-order valence-electron chi connectivity index (χ2n) is 12.3. The van der Waals surface area contributed by atoms with Crippen LogP contribution in [-0.2, 0) is 11.3 Å². The molecule has 0 spiro atoms. The van der Waals surface area contributed by atoms with Gasteiger partial charge in [0, 0.05) is 44.4 Å². The smallest absolute Gasteiger partial charge is 0.392 e. The maximum Gasteiger partial charge on any atom is 0.392 e. The van der Waals surface area contributed by atoms with Crippen molar-refractivity contribution in [2.45, 2.75) is 60.5 Å². The molecule has 1 aliphatic carbocycles. The molecule has 8 nitrogen and oxygen atoms in total. The average molecular weight is 738 g/mol. The summed E-state index contributed by atoms with van der Waals surface area (Å²) in [4.78, 5) is 2.15. The maximum atomic E-state index is 13.0. The van der Waals surface area contributed by atoms with Crippen molar-refractivity contribution < 1.29 is 42.7 Å². The lowest BCUT2D eigenvalue weighted by Crippen LogP contribution is -2.53. The number of allylic oxidation sites excluding steroid dienone is 2. The van der Waals surface area contributed by atoms with Gasteiger partial charge in [-0.05, 0) is 43.0 Å². The Morgan fingerprint density at radius 3 is 2.42 bits per heavy atom. The van der Waals surface area contributed by atoms with E-state index in [0.717, 1.165) is 18.5 Å². The van der Waals surface area contributed by atoms with Crippen LogP contribution in [0.5, 0.6) is 11.5 Å². The van der Waals surface area contributed by atoms with Crippen molar-refractivity contribution in [1.82, 2.24) is 10.2 Å². The Morgan fingerprint density at radius 2 is 1.77 bits per heavy atom. The first-order chi connectivity index (χ1) is 22.7. The minimum absolute atomic E-state index is 0.0144. The predicted molar refractivity (Wildman–Crippen MR) is 181 cm³/mol. The highest BCUT2D eigenvalue weighted by molar-refractivity contribution is 6.55. The summed E-state index contributed by atoms with van der Waals surface area (Å²) < 4.78 is 55.5. The number of likely N-dealkylation sites (tertiary alicyclic amines) is 1. The molecule has 0 aromatic heterocycles. The van der Waals surface area contributed by atoms with Gasteiger partial charge in [0.15, 0.2) is 9.93 Å². The maximum absolute atomic E-state index is 13.0. The van der Waals surface area contributed by atoms with E-state index in [1.54, 1.807) is 25.2 Å². The molecule has 266 valence electrons. The molecule has 1 heterocycles. The summed E-state index contributed by atoms with van der Waals surface area (Å²) in [5.41, 5.74) is -0.745. The molecule has 14 heteroatoms. The summed E-state index contributed by atoms with van der Waals surface area (Å²) in [7, 11) is 0. The van der Waals surface area contributed by atoms with Gasteiger partial charge in [-0.25, -0.2) is 0 Å². The van der Waals surface area contributed by atoms with Crippen LogP contribution >= 0.6 is 34.8 Å². The van der Waals surface area contributed by atoms with Crippen LogP contribution in [0, 0.1) is 0 Å². The number of hydrogen-bond acceptors (Lipinski definition) is 8. The third-order valence-corrected chi connectivity index (χ3v) is 9.75. The van der Waals surface area contributed by atoms with E-state index < -0.39 is 47.9 Å². The third-order valence-electron chi connectivity index (χ3n) is 8.41. The Morgan fingerprint density at radius 1 is 1.04 bits per heavy atom. The van der Waals surface area contributed by atoms with E-state index in [2.05, 4.69) is 10.2 Å². The molecule has 4 N–H and O–H groups in total. The van der Waals surface area contributed by atoms with E-state index >= 15 is 0 Å². The van der Waals surface area contributed by atoms with Crippen LogP contribution in [0.2, 0.25) is 5.02 Å². The van der Waals surface area contributed by atoms with Gasteiger partial charge in [-0.1, -0.05) is 77.3 Å². The van der Waals surface area contributed by atoms with Crippen molar-refractivity contribution in [3.8, 4) is 11.5 Å². The highest BCUT2D eigenvalue weighted by Crippen LogP contribution is 2.50. The van der Waals surface area contributed by atoms with Gasteiger partial charge in [0.05, 0.1) is 42.9 Å². The van der Waals surface area contributed by atoms with Gasteiger partial charge >= 0.3 is 6.18 Å². The number of hydrogen-bond donors (Lipinski definition) is 4.